The first-order valence-corrected chi connectivity index (χ1v) is 13.5. The standard InChI is InChI=1S/C25H20ClN3O.C8H10ClN/c26-19-11-9-17(10-12-19)16-29-25(28)22-8-4-3-7-21(22)24-14-13-23(30-24)20-6-2-1-5-18(20)15-27;1-10-6-7-2-4-8(9)5-3-7/h1-15,27H,16H2,(H2,28,29);2-5,10H,6H2,1H3. The third-order valence-electron chi connectivity index (χ3n) is 6.10. The van der Waals surface area contributed by atoms with E-state index in [1.807, 2.05) is 116 Å². The van der Waals surface area contributed by atoms with Crippen LogP contribution in [0, 0.1) is 5.41 Å². The molecule has 5 nitrogen and oxygen atoms in total. The molecule has 1 aromatic heterocycles. The first kappa shape index (κ1) is 28.8. The van der Waals surface area contributed by atoms with Gasteiger partial charge in [0.25, 0.3) is 0 Å². The van der Waals surface area contributed by atoms with Crippen LogP contribution in [0.15, 0.2) is 119 Å². The zero-order valence-corrected chi connectivity index (χ0v) is 23.6. The highest BCUT2D eigenvalue weighted by Crippen LogP contribution is 2.31. The van der Waals surface area contributed by atoms with Crippen LogP contribution in [0.25, 0.3) is 22.6 Å². The molecule has 0 unspecified atom stereocenters. The van der Waals surface area contributed by atoms with Crippen LogP contribution in [0.4, 0.5) is 0 Å². The highest BCUT2D eigenvalue weighted by atomic mass is 35.5. The van der Waals surface area contributed by atoms with Crippen LogP contribution in [-0.2, 0) is 13.1 Å². The number of benzene rings is 4. The first-order chi connectivity index (χ1) is 19.5. The van der Waals surface area contributed by atoms with Crippen molar-refractivity contribution < 1.29 is 4.42 Å². The van der Waals surface area contributed by atoms with Crippen LogP contribution in [0.1, 0.15) is 22.3 Å². The van der Waals surface area contributed by atoms with E-state index in [0.29, 0.717) is 28.9 Å². The molecule has 40 heavy (non-hydrogen) atoms. The van der Waals surface area contributed by atoms with Crippen molar-refractivity contribution in [3.8, 4) is 22.6 Å². The maximum absolute atomic E-state index is 7.62. The molecule has 0 saturated carbocycles. The summed E-state index contributed by atoms with van der Waals surface area (Å²) in [5.41, 5.74) is 12.0. The van der Waals surface area contributed by atoms with Gasteiger partial charge in [-0.2, -0.15) is 0 Å². The molecule has 0 aliphatic rings. The minimum atomic E-state index is 0.443. The molecule has 0 aliphatic heterocycles. The van der Waals surface area contributed by atoms with Crippen molar-refractivity contribution in [1.29, 1.82) is 5.41 Å². The molecule has 0 aliphatic carbocycles. The van der Waals surface area contributed by atoms with Crippen LogP contribution in [0.5, 0.6) is 0 Å². The minimum absolute atomic E-state index is 0.443. The Morgan fingerprint density at radius 3 is 1.95 bits per heavy atom. The van der Waals surface area contributed by atoms with Crippen molar-refractivity contribution in [3.05, 3.63) is 141 Å². The zero-order chi connectivity index (χ0) is 28.3. The third kappa shape index (κ3) is 7.70. The van der Waals surface area contributed by atoms with E-state index in [2.05, 4.69) is 10.3 Å². The lowest BCUT2D eigenvalue weighted by Crippen LogP contribution is -2.14. The Morgan fingerprint density at radius 1 is 0.775 bits per heavy atom. The largest absolute Gasteiger partial charge is 0.456 e. The van der Waals surface area contributed by atoms with Crippen molar-refractivity contribution in [2.24, 2.45) is 10.7 Å². The molecule has 4 aromatic carbocycles. The van der Waals surface area contributed by atoms with Crippen molar-refractivity contribution in [2.45, 2.75) is 13.1 Å². The van der Waals surface area contributed by atoms with Gasteiger partial charge >= 0.3 is 0 Å². The summed E-state index contributed by atoms with van der Waals surface area (Å²) >= 11 is 11.6. The third-order valence-corrected chi connectivity index (χ3v) is 6.60. The molecule has 5 rings (SSSR count). The van der Waals surface area contributed by atoms with Gasteiger partial charge in [0, 0.05) is 45.1 Å². The Balaban J connectivity index is 0.000000312. The topological polar surface area (TPSA) is 87.4 Å². The number of nitrogens with one attached hydrogen (secondary N) is 2. The van der Waals surface area contributed by atoms with Crippen molar-refractivity contribution >= 4 is 35.3 Å². The average molecular weight is 570 g/mol. The van der Waals surface area contributed by atoms with Gasteiger partial charge in [-0.05, 0) is 54.6 Å². The SMILES string of the molecule is CNCc1ccc(Cl)cc1.N=Cc1ccccc1-c1ccc(-c2ccccc2C(N)=NCc2ccc(Cl)cc2)o1. The van der Waals surface area contributed by atoms with Gasteiger partial charge in [0.05, 0.1) is 6.54 Å². The van der Waals surface area contributed by atoms with Gasteiger partial charge in [0.1, 0.15) is 17.4 Å². The Morgan fingerprint density at radius 2 is 1.32 bits per heavy atom. The molecule has 7 heteroatoms. The van der Waals surface area contributed by atoms with Crippen molar-refractivity contribution in [3.63, 3.8) is 0 Å². The highest BCUT2D eigenvalue weighted by molar-refractivity contribution is 6.30. The average Bonchev–Trinajstić information content (AvgIpc) is 3.48. The molecule has 0 fully saturated rings. The summed E-state index contributed by atoms with van der Waals surface area (Å²) in [7, 11) is 1.93. The fourth-order valence-electron chi connectivity index (χ4n) is 4.05. The van der Waals surface area contributed by atoms with Gasteiger partial charge in [-0.25, -0.2) is 0 Å². The van der Waals surface area contributed by atoms with E-state index in [1.165, 1.54) is 11.8 Å². The Bertz CT molecular complexity index is 1580. The maximum Gasteiger partial charge on any atom is 0.135 e. The van der Waals surface area contributed by atoms with Crippen LogP contribution in [0.2, 0.25) is 10.0 Å². The summed E-state index contributed by atoms with van der Waals surface area (Å²) in [5.74, 6) is 1.85. The molecule has 0 amide bonds. The molecular weight excluding hydrogens is 539 g/mol. The van der Waals surface area contributed by atoms with E-state index in [-0.39, 0.29) is 0 Å². The number of hydrogen-bond acceptors (Lipinski definition) is 4. The molecule has 0 bridgehead atoms. The summed E-state index contributed by atoms with van der Waals surface area (Å²) in [4.78, 5) is 4.55. The summed E-state index contributed by atoms with van der Waals surface area (Å²) < 4.78 is 6.14. The number of rotatable bonds is 8. The minimum Gasteiger partial charge on any atom is -0.456 e. The second-order valence-corrected chi connectivity index (χ2v) is 9.80. The molecule has 5 aromatic rings. The lowest BCUT2D eigenvalue weighted by molar-refractivity contribution is 0.597. The first-order valence-electron chi connectivity index (χ1n) is 12.7. The van der Waals surface area contributed by atoms with Gasteiger partial charge in [0.2, 0.25) is 0 Å². The van der Waals surface area contributed by atoms with E-state index in [4.69, 9.17) is 38.8 Å². The molecule has 202 valence electrons. The number of aliphatic imine (C=N–C) groups is 1. The fourth-order valence-corrected chi connectivity index (χ4v) is 4.31. The van der Waals surface area contributed by atoms with Gasteiger partial charge in [-0.3, -0.25) is 4.99 Å². The maximum atomic E-state index is 7.62. The van der Waals surface area contributed by atoms with Crippen LogP contribution >= 0.6 is 23.2 Å². The molecule has 1 heterocycles. The fraction of sp³-hybridized carbons (Fsp3) is 0.0909. The number of nitrogens with two attached hydrogens (primary N) is 1. The molecule has 0 spiro atoms. The Kier molecular flexibility index (Phi) is 10.3. The normalized spacial score (nSPS) is 11.0. The quantitative estimate of drug-likeness (QED) is 0.130. The predicted molar refractivity (Wildman–Crippen MR) is 168 cm³/mol. The second kappa shape index (κ2) is 14.3. The number of halogens is 2. The predicted octanol–water partition coefficient (Wildman–Crippen LogP) is 8.23. The van der Waals surface area contributed by atoms with Gasteiger partial charge in [-0.15, -0.1) is 0 Å². The van der Waals surface area contributed by atoms with E-state index in [9.17, 15) is 0 Å². The molecule has 4 N–H and O–H groups in total. The summed E-state index contributed by atoms with van der Waals surface area (Å²) in [5, 5.41) is 12.2. The number of nitrogens with zero attached hydrogens (tertiary/aromatic N) is 1. The second-order valence-electron chi connectivity index (χ2n) is 8.93. The van der Waals surface area contributed by atoms with Gasteiger partial charge < -0.3 is 20.9 Å². The summed E-state index contributed by atoms with van der Waals surface area (Å²) in [6.07, 6.45) is 1.33. The number of hydrogen-bond donors (Lipinski definition) is 3. The van der Waals surface area contributed by atoms with E-state index in [1.54, 1.807) is 0 Å². The van der Waals surface area contributed by atoms with E-state index < -0.39 is 0 Å². The lowest BCUT2D eigenvalue weighted by Gasteiger charge is -2.08. The van der Waals surface area contributed by atoms with Crippen molar-refractivity contribution in [1.82, 2.24) is 5.32 Å². The van der Waals surface area contributed by atoms with E-state index >= 15 is 0 Å². The zero-order valence-electron chi connectivity index (χ0n) is 22.1. The molecule has 0 atom stereocenters. The highest BCUT2D eigenvalue weighted by Gasteiger charge is 2.14. The van der Waals surface area contributed by atoms with Gasteiger partial charge in [-0.1, -0.05) is 96.0 Å². The van der Waals surface area contributed by atoms with Crippen LogP contribution in [-0.4, -0.2) is 19.1 Å². The lowest BCUT2D eigenvalue weighted by atomic mass is 10.0. The monoisotopic (exact) mass is 568 g/mol. The summed E-state index contributed by atoms with van der Waals surface area (Å²) in [6, 6.07) is 34.6. The molecule has 0 saturated heterocycles. The van der Waals surface area contributed by atoms with Crippen LogP contribution < -0.4 is 11.1 Å². The molecule has 0 radical (unpaired) electrons. The van der Waals surface area contributed by atoms with E-state index in [0.717, 1.165) is 39.4 Å². The molecular formula is C33H30Cl2N4O. The van der Waals surface area contributed by atoms with Gasteiger partial charge in [0.15, 0.2) is 0 Å². The Labute approximate surface area is 244 Å². The Hall–Kier alpha value is -4.16. The van der Waals surface area contributed by atoms with Crippen molar-refractivity contribution in [2.75, 3.05) is 7.05 Å². The summed E-state index contributed by atoms with van der Waals surface area (Å²) in [6.45, 7) is 1.37. The van der Waals surface area contributed by atoms with Crippen LogP contribution in [0.3, 0.4) is 0 Å². The smallest absolute Gasteiger partial charge is 0.135 e. The number of furan rings is 1. The number of amidine groups is 1.